The van der Waals surface area contributed by atoms with E-state index in [9.17, 15) is 4.79 Å². The molecule has 6 nitrogen and oxygen atoms in total. The van der Waals surface area contributed by atoms with Gasteiger partial charge in [0.15, 0.2) is 0 Å². The lowest BCUT2D eigenvalue weighted by Crippen LogP contribution is -2.36. The molecule has 2 aromatic heterocycles. The number of nitrogens with one attached hydrogen (secondary N) is 1. The Morgan fingerprint density at radius 1 is 1.10 bits per heavy atom. The van der Waals surface area contributed by atoms with E-state index >= 15 is 0 Å². The van der Waals surface area contributed by atoms with E-state index < -0.39 is 0 Å². The van der Waals surface area contributed by atoms with Gasteiger partial charge in [-0.15, -0.1) is 0 Å². The molecule has 1 aliphatic heterocycles. The smallest absolute Gasteiger partial charge is 0.255 e. The van der Waals surface area contributed by atoms with Crippen LogP contribution in [0.4, 0.5) is 0 Å². The second-order valence-electron chi connectivity index (χ2n) is 7.57. The lowest BCUT2D eigenvalue weighted by molar-refractivity contribution is 0.233. The highest BCUT2D eigenvalue weighted by molar-refractivity contribution is 6.30. The molecule has 2 aromatic carbocycles. The summed E-state index contributed by atoms with van der Waals surface area (Å²) < 4.78 is 2.25. The van der Waals surface area contributed by atoms with Crippen molar-refractivity contribution in [3.05, 3.63) is 81.0 Å². The summed E-state index contributed by atoms with van der Waals surface area (Å²) >= 11 is 5.97. The molecule has 3 heterocycles. The van der Waals surface area contributed by atoms with Gasteiger partial charge in [0.05, 0.1) is 28.8 Å². The van der Waals surface area contributed by atoms with E-state index in [1.54, 1.807) is 12.1 Å². The van der Waals surface area contributed by atoms with Crippen molar-refractivity contribution >= 4 is 22.6 Å². The van der Waals surface area contributed by atoms with Gasteiger partial charge >= 0.3 is 0 Å². The van der Waals surface area contributed by atoms with Gasteiger partial charge < -0.3 is 9.55 Å². The third kappa shape index (κ3) is 3.42. The Morgan fingerprint density at radius 2 is 1.90 bits per heavy atom. The maximum absolute atomic E-state index is 12.8. The molecule has 0 spiro atoms. The van der Waals surface area contributed by atoms with E-state index in [0.717, 1.165) is 53.2 Å². The number of imidazole rings is 1. The van der Waals surface area contributed by atoms with Crippen LogP contribution < -0.4 is 5.56 Å². The van der Waals surface area contributed by atoms with Crippen LogP contribution in [-0.2, 0) is 26.1 Å². The molecule has 4 aromatic rings. The molecule has 30 heavy (non-hydrogen) atoms. The zero-order valence-electron chi connectivity index (χ0n) is 16.7. The highest BCUT2D eigenvalue weighted by atomic mass is 35.5. The molecule has 1 aliphatic rings. The second-order valence-corrected chi connectivity index (χ2v) is 8.00. The monoisotopic (exact) mass is 419 g/mol. The van der Waals surface area contributed by atoms with Crippen LogP contribution in [0.3, 0.4) is 0 Å². The van der Waals surface area contributed by atoms with E-state index in [1.807, 2.05) is 30.3 Å². The van der Waals surface area contributed by atoms with Gasteiger partial charge in [-0.2, -0.15) is 0 Å². The molecule has 0 radical (unpaired) electrons. The zero-order chi connectivity index (χ0) is 20.7. The number of aryl methyl sites for hydroxylation is 1. The standard InChI is InChI=1S/C23H22ClN5O/c1-2-29-20-6-4-3-5-19(20)25-21(29)14-28-12-11-18-17(13-28)23(30)27-22(26-18)15-7-9-16(24)10-8-15/h3-10H,2,11-14H2,1H3,(H,26,27,30). The number of hydrogen-bond donors (Lipinski definition) is 1. The Kier molecular flexibility index (Phi) is 4.89. The maximum atomic E-state index is 12.8. The highest BCUT2D eigenvalue weighted by Gasteiger charge is 2.23. The normalized spacial score (nSPS) is 14.2. The summed E-state index contributed by atoms with van der Waals surface area (Å²) in [6.45, 7) is 5.13. The number of halogens is 1. The molecular formula is C23H22ClN5O. The molecule has 0 atom stereocenters. The summed E-state index contributed by atoms with van der Waals surface area (Å²) in [7, 11) is 0. The van der Waals surface area contributed by atoms with Crippen LogP contribution >= 0.6 is 11.6 Å². The minimum absolute atomic E-state index is 0.0707. The van der Waals surface area contributed by atoms with Gasteiger partial charge in [0.1, 0.15) is 11.6 Å². The fourth-order valence-electron chi connectivity index (χ4n) is 4.16. The van der Waals surface area contributed by atoms with Crippen LogP contribution in [-0.4, -0.2) is 31.0 Å². The first-order valence-electron chi connectivity index (χ1n) is 10.2. The van der Waals surface area contributed by atoms with Crippen LogP contribution in [0.2, 0.25) is 5.02 Å². The number of hydrogen-bond acceptors (Lipinski definition) is 4. The van der Waals surface area contributed by atoms with Crippen LogP contribution in [0.5, 0.6) is 0 Å². The fraction of sp³-hybridized carbons (Fsp3) is 0.261. The van der Waals surface area contributed by atoms with Crippen molar-refractivity contribution < 1.29 is 0 Å². The van der Waals surface area contributed by atoms with Crippen molar-refractivity contribution in [2.24, 2.45) is 0 Å². The quantitative estimate of drug-likeness (QED) is 0.542. The molecule has 0 aliphatic carbocycles. The summed E-state index contributed by atoms with van der Waals surface area (Å²) in [5, 5.41) is 0.660. The van der Waals surface area contributed by atoms with Crippen LogP contribution in [0, 0.1) is 0 Å². The van der Waals surface area contributed by atoms with Crippen molar-refractivity contribution in [1.29, 1.82) is 0 Å². The Morgan fingerprint density at radius 3 is 2.70 bits per heavy atom. The largest absolute Gasteiger partial charge is 0.327 e. The summed E-state index contributed by atoms with van der Waals surface area (Å²) in [6.07, 6.45) is 0.742. The first kappa shape index (κ1) is 19.0. The van der Waals surface area contributed by atoms with Crippen LogP contribution in [0.25, 0.3) is 22.4 Å². The van der Waals surface area contributed by atoms with E-state index in [-0.39, 0.29) is 5.56 Å². The van der Waals surface area contributed by atoms with Gasteiger partial charge in [0, 0.05) is 36.6 Å². The average molecular weight is 420 g/mol. The maximum Gasteiger partial charge on any atom is 0.255 e. The lowest BCUT2D eigenvalue weighted by Gasteiger charge is -2.27. The Balaban J connectivity index is 1.42. The third-order valence-corrected chi connectivity index (χ3v) is 5.93. The predicted octanol–water partition coefficient (Wildman–Crippen LogP) is 4.02. The second kappa shape index (κ2) is 7.70. The highest BCUT2D eigenvalue weighted by Crippen LogP contribution is 2.22. The minimum Gasteiger partial charge on any atom is -0.327 e. The first-order valence-corrected chi connectivity index (χ1v) is 10.5. The van der Waals surface area contributed by atoms with Crippen molar-refractivity contribution in [1.82, 2.24) is 24.4 Å². The Bertz CT molecular complexity index is 1280. The van der Waals surface area contributed by atoms with Crippen molar-refractivity contribution in [3.63, 3.8) is 0 Å². The topological polar surface area (TPSA) is 66.8 Å². The number of rotatable bonds is 4. The molecule has 0 saturated heterocycles. The molecular weight excluding hydrogens is 398 g/mol. The van der Waals surface area contributed by atoms with Crippen molar-refractivity contribution in [2.75, 3.05) is 6.54 Å². The molecule has 0 unspecified atom stereocenters. The zero-order valence-corrected chi connectivity index (χ0v) is 17.5. The third-order valence-electron chi connectivity index (χ3n) is 5.68. The molecule has 0 bridgehead atoms. The number of H-pyrrole nitrogens is 1. The predicted molar refractivity (Wildman–Crippen MR) is 119 cm³/mol. The number of nitrogens with zero attached hydrogens (tertiary/aromatic N) is 4. The van der Waals surface area contributed by atoms with E-state index in [2.05, 4.69) is 27.4 Å². The van der Waals surface area contributed by atoms with Gasteiger partial charge in [-0.3, -0.25) is 9.69 Å². The summed E-state index contributed by atoms with van der Waals surface area (Å²) in [6, 6.07) is 15.6. The fourth-order valence-corrected chi connectivity index (χ4v) is 4.29. The van der Waals surface area contributed by atoms with Gasteiger partial charge in [0.2, 0.25) is 0 Å². The van der Waals surface area contributed by atoms with Crippen molar-refractivity contribution in [3.8, 4) is 11.4 Å². The average Bonchev–Trinajstić information content (AvgIpc) is 3.11. The number of aromatic nitrogens is 4. The van der Waals surface area contributed by atoms with E-state index in [0.29, 0.717) is 23.9 Å². The lowest BCUT2D eigenvalue weighted by atomic mass is 10.1. The molecule has 1 N–H and O–H groups in total. The van der Waals surface area contributed by atoms with Gasteiger partial charge in [0.25, 0.3) is 5.56 Å². The SMILES string of the molecule is CCn1c(CN2CCc3nc(-c4ccc(Cl)cc4)[nH]c(=O)c3C2)nc2ccccc21. The minimum atomic E-state index is -0.0707. The van der Waals surface area contributed by atoms with E-state index in [4.69, 9.17) is 21.6 Å². The van der Waals surface area contributed by atoms with Crippen LogP contribution in [0.15, 0.2) is 53.3 Å². The molecule has 7 heteroatoms. The summed E-state index contributed by atoms with van der Waals surface area (Å²) in [5.41, 5.74) is 4.58. The van der Waals surface area contributed by atoms with Gasteiger partial charge in [-0.05, 0) is 43.3 Å². The first-order chi connectivity index (χ1) is 14.6. The summed E-state index contributed by atoms with van der Waals surface area (Å²) in [4.78, 5) is 27.6. The molecule has 0 saturated carbocycles. The van der Waals surface area contributed by atoms with Crippen molar-refractivity contribution in [2.45, 2.75) is 33.0 Å². The number of aromatic amines is 1. The van der Waals surface area contributed by atoms with Crippen LogP contribution in [0.1, 0.15) is 24.0 Å². The molecule has 0 amide bonds. The molecule has 152 valence electrons. The Labute approximate surface area is 179 Å². The summed E-state index contributed by atoms with van der Waals surface area (Å²) in [5.74, 6) is 1.63. The number of para-hydroxylation sites is 2. The number of fused-ring (bicyclic) bond motifs is 2. The number of benzene rings is 2. The molecule has 5 rings (SSSR count). The van der Waals surface area contributed by atoms with E-state index in [1.165, 1.54) is 0 Å². The Hall–Kier alpha value is -2.96. The van der Waals surface area contributed by atoms with Gasteiger partial charge in [-0.25, -0.2) is 9.97 Å². The molecule has 0 fully saturated rings. The van der Waals surface area contributed by atoms with Gasteiger partial charge in [-0.1, -0.05) is 23.7 Å².